The van der Waals surface area contributed by atoms with Crippen LogP contribution in [0.3, 0.4) is 0 Å². The molecule has 1 amide bonds. The number of carbonyl (C=O) groups is 1. The summed E-state index contributed by atoms with van der Waals surface area (Å²) in [6, 6.07) is 8.27. The molecule has 0 aliphatic heterocycles. The SMILES string of the molecule is C=C(c1ccc(OC)c(C#CCCC(=O)NO)c1)c1cc(O)c(O)c(OC)c1. The normalized spacial score (nSPS) is 9.82. The number of carbonyl (C=O) groups excluding carboxylic acids is 1. The molecule has 0 saturated carbocycles. The summed E-state index contributed by atoms with van der Waals surface area (Å²) in [5, 5.41) is 28.2. The number of amides is 1. The third kappa shape index (κ3) is 4.75. The summed E-state index contributed by atoms with van der Waals surface area (Å²) < 4.78 is 10.4. The molecule has 2 rings (SSSR count). The zero-order chi connectivity index (χ0) is 20.7. The second-order valence-electron chi connectivity index (χ2n) is 5.78. The van der Waals surface area contributed by atoms with E-state index in [1.165, 1.54) is 20.3 Å². The van der Waals surface area contributed by atoms with E-state index in [9.17, 15) is 15.0 Å². The lowest BCUT2D eigenvalue weighted by Crippen LogP contribution is -2.17. The molecule has 0 aromatic heterocycles. The fourth-order valence-corrected chi connectivity index (χ4v) is 2.47. The predicted octanol–water partition coefficient (Wildman–Crippen LogP) is 2.81. The first-order chi connectivity index (χ1) is 13.4. The molecule has 7 nitrogen and oxygen atoms in total. The molecule has 2 aromatic rings. The quantitative estimate of drug-likeness (QED) is 0.264. The Hall–Kier alpha value is -3.63. The highest BCUT2D eigenvalue weighted by atomic mass is 16.5. The number of methoxy groups -OCH3 is 2. The highest BCUT2D eigenvalue weighted by molar-refractivity contribution is 5.81. The number of hydroxylamine groups is 1. The van der Waals surface area contributed by atoms with Gasteiger partial charge in [-0.05, 0) is 41.0 Å². The molecule has 28 heavy (non-hydrogen) atoms. The van der Waals surface area contributed by atoms with Crippen LogP contribution in [0.25, 0.3) is 5.57 Å². The average molecular weight is 383 g/mol. The van der Waals surface area contributed by atoms with Crippen LogP contribution in [-0.4, -0.2) is 35.5 Å². The lowest BCUT2D eigenvalue weighted by Gasteiger charge is -2.12. The molecule has 0 aliphatic carbocycles. The summed E-state index contributed by atoms with van der Waals surface area (Å²) in [7, 11) is 2.91. The van der Waals surface area contributed by atoms with Gasteiger partial charge in [0.2, 0.25) is 11.7 Å². The maximum absolute atomic E-state index is 11.0. The molecule has 0 bridgehead atoms. The number of rotatable bonds is 6. The zero-order valence-electron chi connectivity index (χ0n) is 15.6. The van der Waals surface area contributed by atoms with E-state index in [1.54, 1.807) is 29.7 Å². The molecule has 4 N–H and O–H groups in total. The van der Waals surface area contributed by atoms with Gasteiger partial charge >= 0.3 is 0 Å². The minimum atomic E-state index is -0.510. The van der Waals surface area contributed by atoms with E-state index < -0.39 is 5.91 Å². The highest BCUT2D eigenvalue weighted by Gasteiger charge is 2.13. The van der Waals surface area contributed by atoms with E-state index in [0.29, 0.717) is 22.4 Å². The van der Waals surface area contributed by atoms with Crippen LogP contribution < -0.4 is 15.0 Å². The molecule has 0 unspecified atom stereocenters. The van der Waals surface area contributed by atoms with Gasteiger partial charge in [-0.25, -0.2) is 5.48 Å². The Morgan fingerprint density at radius 2 is 1.82 bits per heavy atom. The summed E-state index contributed by atoms with van der Waals surface area (Å²) in [4.78, 5) is 11.0. The van der Waals surface area contributed by atoms with Gasteiger partial charge in [-0.3, -0.25) is 10.0 Å². The summed E-state index contributed by atoms with van der Waals surface area (Å²) >= 11 is 0. The van der Waals surface area contributed by atoms with Crippen LogP contribution in [0.4, 0.5) is 0 Å². The predicted molar refractivity (Wildman–Crippen MR) is 103 cm³/mol. The highest BCUT2D eigenvalue weighted by Crippen LogP contribution is 2.39. The number of phenols is 2. The Morgan fingerprint density at radius 3 is 2.46 bits per heavy atom. The minimum absolute atomic E-state index is 0.0742. The van der Waals surface area contributed by atoms with E-state index in [0.717, 1.165) is 5.56 Å². The van der Waals surface area contributed by atoms with Crippen LogP contribution in [0.1, 0.15) is 29.5 Å². The van der Waals surface area contributed by atoms with Gasteiger partial charge in [0.05, 0.1) is 19.8 Å². The number of nitrogens with one attached hydrogen (secondary N) is 1. The second-order valence-corrected chi connectivity index (χ2v) is 5.78. The van der Waals surface area contributed by atoms with Crippen LogP contribution in [0.15, 0.2) is 36.9 Å². The molecule has 0 saturated heterocycles. The van der Waals surface area contributed by atoms with Crippen LogP contribution in [0.2, 0.25) is 0 Å². The van der Waals surface area contributed by atoms with E-state index >= 15 is 0 Å². The van der Waals surface area contributed by atoms with Crippen LogP contribution in [-0.2, 0) is 4.79 Å². The van der Waals surface area contributed by atoms with Gasteiger partial charge in [-0.2, -0.15) is 0 Å². The molecule has 0 spiro atoms. The largest absolute Gasteiger partial charge is 0.504 e. The van der Waals surface area contributed by atoms with Gasteiger partial charge in [0.25, 0.3) is 0 Å². The second kappa shape index (κ2) is 9.35. The molecule has 0 atom stereocenters. The van der Waals surface area contributed by atoms with E-state index in [1.807, 2.05) is 0 Å². The third-order valence-electron chi connectivity index (χ3n) is 4.00. The number of hydrogen-bond acceptors (Lipinski definition) is 6. The molecular formula is C21H21NO6. The lowest BCUT2D eigenvalue weighted by molar-refractivity contribution is -0.129. The van der Waals surface area contributed by atoms with Crippen molar-refractivity contribution >= 4 is 11.5 Å². The average Bonchev–Trinajstić information content (AvgIpc) is 2.72. The molecule has 0 aliphatic rings. The van der Waals surface area contributed by atoms with Crippen molar-refractivity contribution in [2.24, 2.45) is 0 Å². The van der Waals surface area contributed by atoms with Gasteiger partial charge in [0.15, 0.2) is 11.5 Å². The topological polar surface area (TPSA) is 108 Å². The van der Waals surface area contributed by atoms with Crippen molar-refractivity contribution in [1.29, 1.82) is 0 Å². The first kappa shape index (κ1) is 20.7. The van der Waals surface area contributed by atoms with Crippen molar-refractivity contribution in [3.05, 3.63) is 53.6 Å². The van der Waals surface area contributed by atoms with Gasteiger partial charge < -0.3 is 19.7 Å². The van der Waals surface area contributed by atoms with E-state index in [2.05, 4.69) is 18.4 Å². The molecule has 0 fully saturated rings. The number of hydrogen-bond donors (Lipinski definition) is 4. The number of benzene rings is 2. The molecule has 146 valence electrons. The van der Waals surface area contributed by atoms with Gasteiger partial charge in [0.1, 0.15) is 5.75 Å². The van der Waals surface area contributed by atoms with Crippen molar-refractivity contribution in [3.8, 4) is 34.8 Å². The summed E-state index contributed by atoms with van der Waals surface area (Å²) in [6.45, 7) is 4.05. The Bertz CT molecular complexity index is 955. The summed E-state index contributed by atoms with van der Waals surface area (Å²) in [5.74, 6) is 5.32. The van der Waals surface area contributed by atoms with Crippen molar-refractivity contribution in [2.75, 3.05) is 14.2 Å². The van der Waals surface area contributed by atoms with Crippen LogP contribution in [0, 0.1) is 11.8 Å². The van der Waals surface area contributed by atoms with Crippen molar-refractivity contribution in [1.82, 2.24) is 5.48 Å². The maximum Gasteiger partial charge on any atom is 0.244 e. The summed E-state index contributed by atoms with van der Waals surface area (Å²) in [6.07, 6.45) is 0.342. The first-order valence-corrected chi connectivity index (χ1v) is 8.30. The van der Waals surface area contributed by atoms with Gasteiger partial charge in [-0.15, -0.1) is 0 Å². The molecular weight excluding hydrogens is 362 g/mol. The fraction of sp³-hybridized carbons (Fsp3) is 0.190. The Kier molecular flexibility index (Phi) is 6.90. The number of ether oxygens (including phenoxy) is 2. The first-order valence-electron chi connectivity index (χ1n) is 8.30. The Labute approximate surface area is 162 Å². The van der Waals surface area contributed by atoms with Gasteiger partial charge in [-0.1, -0.05) is 24.5 Å². The minimum Gasteiger partial charge on any atom is -0.504 e. The standard InChI is InChI=1S/C21H21NO6/c1-13(16-11-17(23)21(25)19(12-16)28-3)14-8-9-18(27-2)15(10-14)6-4-5-7-20(24)22-26/h8-12,23,25-26H,1,5,7H2,2-3H3,(H,22,24). The van der Waals surface area contributed by atoms with E-state index in [4.69, 9.17) is 14.7 Å². The third-order valence-corrected chi connectivity index (χ3v) is 4.00. The number of aromatic hydroxyl groups is 2. The molecule has 7 heteroatoms. The van der Waals surface area contributed by atoms with Crippen molar-refractivity contribution in [2.45, 2.75) is 12.8 Å². The monoisotopic (exact) mass is 383 g/mol. The zero-order valence-corrected chi connectivity index (χ0v) is 15.6. The van der Waals surface area contributed by atoms with Gasteiger partial charge in [0, 0.05) is 12.8 Å². The van der Waals surface area contributed by atoms with Crippen LogP contribution in [0.5, 0.6) is 23.0 Å². The van der Waals surface area contributed by atoms with Crippen molar-refractivity contribution < 1.29 is 29.7 Å². The lowest BCUT2D eigenvalue weighted by atomic mass is 9.97. The Balaban J connectivity index is 2.34. The molecule has 0 heterocycles. The summed E-state index contributed by atoms with van der Waals surface area (Å²) in [5.41, 5.74) is 4.03. The van der Waals surface area contributed by atoms with E-state index in [-0.39, 0.29) is 30.1 Å². The molecule has 0 radical (unpaired) electrons. The number of phenolic OH excluding ortho intramolecular Hbond substituents is 2. The fourth-order valence-electron chi connectivity index (χ4n) is 2.47. The smallest absolute Gasteiger partial charge is 0.244 e. The van der Waals surface area contributed by atoms with Crippen molar-refractivity contribution in [3.63, 3.8) is 0 Å². The Morgan fingerprint density at radius 1 is 1.11 bits per heavy atom. The molecule has 2 aromatic carbocycles. The van der Waals surface area contributed by atoms with Crippen LogP contribution >= 0.6 is 0 Å². The maximum atomic E-state index is 11.0.